The lowest BCUT2D eigenvalue weighted by atomic mass is 9.96. The van der Waals surface area contributed by atoms with Crippen molar-refractivity contribution in [2.24, 2.45) is 0 Å². The SMILES string of the molecule is CCCNC(c1cc(C)cc(C)c1)c1ccncc1F. The van der Waals surface area contributed by atoms with E-state index in [9.17, 15) is 4.39 Å². The van der Waals surface area contributed by atoms with Crippen molar-refractivity contribution in [1.82, 2.24) is 10.3 Å². The Morgan fingerprint density at radius 3 is 2.50 bits per heavy atom. The minimum atomic E-state index is -0.264. The molecule has 1 N–H and O–H groups in total. The van der Waals surface area contributed by atoms with Crippen LogP contribution in [0.25, 0.3) is 0 Å². The van der Waals surface area contributed by atoms with Gasteiger partial charge in [0, 0.05) is 11.8 Å². The van der Waals surface area contributed by atoms with E-state index in [0.29, 0.717) is 5.56 Å². The maximum absolute atomic E-state index is 14.1. The average Bonchev–Trinajstić information content (AvgIpc) is 2.40. The molecule has 2 nitrogen and oxygen atoms in total. The summed E-state index contributed by atoms with van der Waals surface area (Å²) in [5.74, 6) is -0.264. The van der Waals surface area contributed by atoms with Gasteiger partial charge in [0.25, 0.3) is 0 Å². The second-order valence-electron chi connectivity index (χ2n) is 5.21. The highest BCUT2D eigenvalue weighted by atomic mass is 19.1. The van der Waals surface area contributed by atoms with Gasteiger partial charge in [-0.05, 0) is 38.4 Å². The number of nitrogens with one attached hydrogen (secondary N) is 1. The predicted octanol–water partition coefficient (Wildman–Crippen LogP) is 3.93. The molecule has 0 fully saturated rings. The van der Waals surface area contributed by atoms with Crippen LogP contribution in [0.15, 0.2) is 36.7 Å². The van der Waals surface area contributed by atoms with Crippen LogP contribution in [0.1, 0.15) is 41.6 Å². The van der Waals surface area contributed by atoms with Crippen molar-refractivity contribution in [1.29, 1.82) is 0 Å². The molecule has 2 rings (SSSR count). The minimum absolute atomic E-state index is 0.128. The fourth-order valence-electron chi connectivity index (χ4n) is 2.49. The van der Waals surface area contributed by atoms with E-state index in [-0.39, 0.29) is 11.9 Å². The number of halogens is 1. The Morgan fingerprint density at radius 2 is 1.90 bits per heavy atom. The maximum atomic E-state index is 14.1. The van der Waals surface area contributed by atoms with Crippen LogP contribution in [0.4, 0.5) is 4.39 Å². The van der Waals surface area contributed by atoms with Gasteiger partial charge in [-0.3, -0.25) is 4.98 Å². The molecule has 0 radical (unpaired) electrons. The highest BCUT2D eigenvalue weighted by Crippen LogP contribution is 2.25. The summed E-state index contributed by atoms with van der Waals surface area (Å²) in [4.78, 5) is 3.83. The van der Waals surface area contributed by atoms with Crippen molar-refractivity contribution in [3.8, 4) is 0 Å². The lowest BCUT2D eigenvalue weighted by Gasteiger charge is -2.21. The van der Waals surface area contributed by atoms with Gasteiger partial charge in [0.15, 0.2) is 0 Å². The first-order chi connectivity index (χ1) is 9.61. The zero-order valence-corrected chi connectivity index (χ0v) is 12.3. The lowest BCUT2D eigenvalue weighted by Crippen LogP contribution is -2.24. The molecule has 1 atom stereocenters. The molecule has 0 spiro atoms. The summed E-state index contributed by atoms with van der Waals surface area (Å²) in [6.45, 7) is 7.08. The quantitative estimate of drug-likeness (QED) is 0.892. The second kappa shape index (κ2) is 6.62. The summed E-state index contributed by atoms with van der Waals surface area (Å²) in [6, 6.07) is 7.97. The summed E-state index contributed by atoms with van der Waals surface area (Å²) in [7, 11) is 0. The summed E-state index contributed by atoms with van der Waals surface area (Å²) >= 11 is 0. The predicted molar refractivity (Wildman–Crippen MR) is 80.2 cm³/mol. The Bertz CT molecular complexity index is 561. The zero-order valence-electron chi connectivity index (χ0n) is 12.3. The number of rotatable bonds is 5. The Labute approximate surface area is 120 Å². The highest BCUT2D eigenvalue weighted by molar-refractivity contribution is 5.36. The van der Waals surface area contributed by atoms with E-state index in [4.69, 9.17) is 0 Å². The van der Waals surface area contributed by atoms with E-state index >= 15 is 0 Å². The third-order valence-corrected chi connectivity index (χ3v) is 3.29. The molecule has 0 aliphatic heterocycles. The summed E-state index contributed by atoms with van der Waals surface area (Å²) in [6.07, 6.45) is 3.92. The number of hydrogen-bond donors (Lipinski definition) is 1. The topological polar surface area (TPSA) is 24.9 Å². The highest BCUT2D eigenvalue weighted by Gasteiger charge is 2.17. The van der Waals surface area contributed by atoms with Crippen LogP contribution in [0.3, 0.4) is 0 Å². The minimum Gasteiger partial charge on any atom is -0.306 e. The first kappa shape index (κ1) is 14.7. The fraction of sp³-hybridized carbons (Fsp3) is 0.353. The Hall–Kier alpha value is -1.74. The van der Waals surface area contributed by atoms with Gasteiger partial charge in [0.2, 0.25) is 0 Å². The van der Waals surface area contributed by atoms with E-state index in [1.807, 2.05) is 0 Å². The summed E-state index contributed by atoms with van der Waals surface area (Å²) in [5, 5.41) is 3.43. The third kappa shape index (κ3) is 3.42. The van der Waals surface area contributed by atoms with E-state index in [1.54, 1.807) is 12.3 Å². The number of pyridine rings is 1. The standard InChI is InChI=1S/C17H21FN2/c1-4-6-20-17(15-5-7-19-11-16(15)18)14-9-12(2)8-13(3)10-14/h5,7-11,17,20H,4,6H2,1-3H3. The van der Waals surface area contributed by atoms with Crippen molar-refractivity contribution in [2.45, 2.75) is 33.2 Å². The first-order valence-electron chi connectivity index (χ1n) is 7.02. The van der Waals surface area contributed by atoms with Gasteiger partial charge < -0.3 is 5.32 Å². The van der Waals surface area contributed by atoms with Crippen LogP contribution in [0, 0.1) is 19.7 Å². The molecule has 0 aliphatic carbocycles. The van der Waals surface area contributed by atoms with E-state index in [0.717, 1.165) is 18.5 Å². The number of aromatic nitrogens is 1. The Morgan fingerprint density at radius 1 is 1.20 bits per heavy atom. The molecule has 1 aromatic heterocycles. The second-order valence-corrected chi connectivity index (χ2v) is 5.21. The summed E-state index contributed by atoms with van der Waals surface area (Å²) in [5.41, 5.74) is 4.13. The van der Waals surface area contributed by atoms with Crippen molar-refractivity contribution >= 4 is 0 Å². The van der Waals surface area contributed by atoms with Gasteiger partial charge >= 0.3 is 0 Å². The summed E-state index contributed by atoms with van der Waals surface area (Å²) < 4.78 is 14.1. The van der Waals surface area contributed by atoms with Crippen LogP contribution in [0.5, 0.6) is 0 Å². The number of nitrogens with zero attached hydrogens (tertiary/aromatic N) is 1. The van der Waals surface area contributed by atoms with Gasteiger partial charge in [-0.1, -0.05) is 36.2 Å². The van der Waals surface area contributed by atoms with Gasteiger partial charge in [-0.2, -0.15) is 0 Å². The van der Waals surface area contributed by atoms with Gasteiger partial charge in [0.1, 0.15) is 5.82 Å². The third-order valence-electron chi connectivity index (χ3n) is 3.29. The zero-order chi connectivity index (χ0) is 14.5. The lowest BCUT2D eigenvalue weighted by molar-refractivity contribution is 0.543. The van der Waals surface area contributed by atoms with Crippen LogP contribution in [-0.4, -0.2) is 11.5 Å². The molecule has 2 aromatic rings. The van der Waals surface area contributed by atoms with Crippen molar-refractivity contribution < 1.29 is 4.39 Å². The molecule has 0 saturated carbocycles. The van der Waals surface area contributed by atoms with E-state index in [2.05, 4.69) is 49.3 Å². The largest absolute Gasteiger partial charge is 0.306 e. The number of aryl methyl sites for hydroxylation is 2. The molecule has 1 unspecified atom stereocenters. The monoisotopic (exact) mass is 272 g/mol. The molecule has 0 bridgehead atoms. The molecule has 1 aromatic carbocycles. The molecular formula is C17H21FN2. The van der Waals surface area contributed by atoms with Gasteiger partial charge in [-0.15, -0.1) is 0 Å². The Balaban J connectivity index is 2.44. The molecular weight excluding hydrogens is 251 g/mol. The van der Waals surface area contributed by atoms with Crippen LogP contribution >= 0.6 is 0 Å². The van der Waals surface area contributed by atoms with Gasteiger partial charge in [0.05, 0.1) is 12.2 Å². The number of benzene rings is 1. The molecule has 3 heteroatoms. The average molecular weight is 272 g/mol. The maximum Gasteiger partial charge on any atom is 0.146 e. The molecule has 0 amide bonds. The van der Waals surface area contributed by atoms with Crippen LogP contribution in [0.2, 0.25) is 0 Å². The normalized spacial score (nSPS) is 12.4. The molecule has 0 saturated heterocycles. The van der Waals surface area contributed by atoms with E-state index in [1.165, 1.54) is 17.3 Å². The van der Waals surface area contributed by atoms with Crippen LogP contribution < -0.4 is 5.32 Å². The molecule has 20 heavy (non-hydrogen) atoms. The van der Waals surface area contributed by atoms with Gasteiger partial charge in [-0.25, -0.2) is 4.39 Å². The smallest absolute Gasteiger partial charge is 0.146 e. The van der Waals surface area contributed by atoms with Crippen molar-refractivity contribution in [2.75, 3.05) is 6.54 Å². The van der Waals surface area contributed by atoms with E-state index < -0.39 is 0 Å². The van der Waals surface area contributed by atoms with Crippen LogP contribution in [-0.2, 0) is 0 Å². The Kier molecular flexibility index (Phi) is 4.85. The molecule has 0 aliphatic rings. The van der Waals surface area contributed by atoms with Crippen molar-refractivity contribution in [3.63, 3.8) is 0 Å². The fourth-order valence-corrected chi connectivity index (χ4v) is 2.49. The molecule has 1 heterocycles. The van der Waals surface area contributed by atoms with Crippen molar-refractivity contribution in [3.05, 3.63) is 64.7 Å². The number of hydrogen-bond acceptors (Lipinski definition) is 2. The molecule has 106 valence electrons. The first-order valence-corrected chi connectivity index (χ1v) is 7.02.